The summed E-state index contributed by atoms with van der Waals surface area (Å²) in [5, 5.41) is 29.0. The van der Waals surface area contributed by atoms with Gasteiger partial charge in [0.05, 0.1) is 39.7 Å². The molecule has 6 nitrogen and oxygen atoms in total. The van der Waals surface area contributed by atoms with E-state index >= 15 is 0 Å². The number of hydrogen-bond donors (Lipinski definition) is 2. The van der Waals surface area contributed by atoms with Gasteiger partial charge in [0.15, 0.2) is 10.1 Å². The molecule has 0 aliphatic heterocycles. The highest BCUT2D eigenvalue weighted by Crippen LogP contribution is 2.67. The van der Waals surface area contributed by atoms with Gasteiger partial charge in [-0.1, -0.05) is 61.5 Å². The topological polar surface area (TPSA) is 88.2 Å². The summed E-state index contributed by atoms with van der Waals surface area (Å²) in [5.74, 6) is 0.626. The third-order valence-corrected chi connectivity index (χ3v) is 14.2. The zero-order chi connectivity index (χ0) is 30.4. The van der Waals surface area contributed by atoms with Gasteiger partial charge in [0, 0.05) is 5.41 Å². The number of benzene rings is 2. The molecule has 0 spiro atoms. The van der Waals surface area contributed by atoms with Crippen LogP contribution in [0.2, 0.25) is 0 Å². The maximum Gasteiger partial charge on any atom is 0.175 e. The third-order valence-electron chi connectivity index (χ3n) is 12.0. The Balaban J connectivity index is 1.06. The van der Waals surface area contributed by atoms with Crippen LogP contribution in [0.5, 0.6) is 0 Å². The number of Topliss-reactive ketones (excluding diaryl/α,β-unsaturated/α-hetero) is 1. The molecule has 8 heteroatoms. The monoisotopic (exact) mass is 625 g/mol. The van der Waals surface area contributed by atoms with Crippen LogP contribution >= 0.6 is 23.1 Å². The Morgan fingerprint density at radius 3 is 2.75 bits per heavy atom. The SMILES string of the molecule is Cc1ccccc1-n1ncc2c1C=C1CCC3C([C@@H](O)CC4(C)C3CC[C@]4(O)C(=O)CSc3nc4ccccc4s3)C1(C)C2. The molecule has 3 fully saturated rings. The van der Waals surface area contributed by atoms with Crippen LogP contribution in [0.1, 0.15) is 62.8 Å². The zero-order valence-corrected chi connectivity index (χ0v) is 27.1. The van der Waals surface area contributed by atoms with Crippen LogP contribution in [0.3, 0.4) is 0 Å². The lowest BCUT2D eigenvalue weighted by Gasteiger charge is -2.60. The van der Waals surface area contributed by atoms with Crippen molar-refractivity contribution in [3.05, 3.63) is 77.1 Å². The number of allylic oxidation sites excluding steroid dienone is 1. The van der Waals surface area contributed by atoms with E-state index in [0.29, 0.717) is 12.8 Å². The van der Waals surface area contributed by atoms with Crippen LogP contribution in [-0.4, -0.2) is 48.2 Å². The first kappa shape index (κ1) is 28.7. The minimum atomic E-state index is -1.43. The Labute approximate surface area is 266 Å². The molecular formula is C36H39N3O3S2. The number of thioether (sulfide) groups is 1. The van der Waals surface area contributed by atoms with Gasteiger partial charge in [-0.2, -0.15) is 5.10 Å². The number of hydrogen-bond acceptors (Lipinski definition) is 7. The van der Waals surface area contributed by atoms with E-state index in [1.807, 2.05) is 30.5 Å². The summed E-state index contributed by atoms with van der Waals surface area (Å²) >= 11 is 3.02. The second-order valence-corrected chi connectivity index (χ2v) is 16.4. The zero-order valence-electron chi connectivity index (χ0n) is 25.5. The molecule has 2 aromatic carbocycles. The van der Waals surface area contributed by atoms with Gasteiger partial charge in [-0.15, -0.1) is 11.3 Å². The quantitative estimate of drug-likeness (QED) is 0.232. The summed E-state index contributed by atoms with van der Waals surface area (Å²) in [5.41, 5.74) is 4.77. The molecule has 8 rings (SSSR count). The molecule has 4 aliphatic rings. The second kappa shape index (κ2) is 10.1. The van der Waals surface area contributed by atoms with Crippen molar-refractivity contribution in [1.82, 2.24) is 14.8 Å². The van der Waals surface area contributed by atoms with Gasteiger partial charge < -0.3 is 10.2 Å². The number of para-hydroxylation sites is 2. The van der Waals surface area contributed by atoms with Crippen molar-refractivity contribution < 1.29 is 15.0 Å². The highest BCUT2D eigenvalue weighted by atomic mass is 32.2. The van der Waals surface area contributed by atoms with Gasteiger partial charge in [-0.05, 0) is 104 Å². The van der Waals surface area contributed by atoms with Crippen molar-refractivity contribution in [1.29, 1.82) is 0 Å². The molecule has 7 atom stereocenters. The standard InChI is InChI=1S/C36H39N3O3S2/c1-21-8-4-6-10-27(21)39-28-16-23-12-13-24-25-14-15-36(42,31(41)20-43-33-38-26-9-5-7-11-30(26)44-33)35(25,3)18-29(40)32(24)34(23,2)17-22(28)19-37-39/h4-11,16,19,24-25,29,32,40,42H,12-15,17-18,20H2,1-3H3/t24?,25?,29-,32?,34?,35?,36-/m0/s1. The Bertz CT molecular complexity index is 1790. The lowest BCUT2D eigenvalue weighted by molar-refractivity contribution is -0.177. The van der Waals surface area contributed by atoms with E-state index in [-0.39, 0.29) is 34.7 Å². The first-order valence-electron chi connectivity index (χ1n) is 15.9. The molecule has 0 saturated heterocycles. The fraction of sp³-hybridized carbons (Fsp3) is 0.472. The molecule has 2 N–H and O–H groups in total. The van der Waals surface area contributed by atoms with Crippen LogP contribution < -0.4 is 0 Å². The molecule has 2 heterocycles. The van der Waals surface area contributed by atoms with E-state index in [0.717, 1.165) is 51.6 Å². The fourth-order valence-corrected chi connectivity index (χ4v) is 11.8. The molecule has 2 aromatic heterocycles. The number of carbonyl (C=O) groups is 1. The van der Waals surface area contributed by atoms with Gasteiger partial charge in [-0.3, -0.25) is 4.79 Å². The molecule has 0 bridgehead atoms. The summed E-state index contributed by atoms with van der Waals surface area (Å²) < 4.78 is 4.04. The van der Waals surface area contributed by atoms with Crippen LogP contribution in [-0.2, 0) is 11.2 Å². The van der Waals surface area contributed by atoms with Crippen molar-refractivity contribution >= 4 is 45.2 Å². The van der Waals surface area contributed by atoms with Crippen LogP contribution in [0.15, 0.2) is 64.6 Å². The van der Waals surface area contributed by atoms with E-state index in [1.54, 1.807) is 11.3 Å². The molecule has 4 aromatic rings. The van der Waals surface area contributed by atoms with E-state index in [4.69, 9.17) is 5.10 Å². The van der Waals surface area contributed by atoms with Gasteiger partial charge in [0.1, 0.15) is 5.60 Å². The lowest BCUT2D eigenvalue weighted by Crippen LogP contribution is -2.62. The van der Waals surface area contributed by atoms with Crippen molar-refractivity contribution in [2.75, 3.05) is 5.75 Å². The Morgan fingerprint density at radius 1 is 1.14 bits per heavy atom. The second-order valence-electron chi connectivity index (χ2n) is 14.1. The van der Waals surface area contributed by atoms with Crippen molar-refractivity contribution in [3.8, 4) is 5.69 Å². The molecular weight excluding hydrogens is 587 g/mol. The summed E-state index contributed by atoms with van der Waals surface area (Å²) in [6.07, 6.45) is 8.31. The molecule has 44 heavy (non-hydrogen) atoms. The van der Waals surface area contributed by atoms with E-state index in [2.05, 4.69) is 60.8 Å². The average molecular weight is 626 g/mol. The Morgan fingerprint density at radius 2 is 1.93 bits per heavy atom. The Hall–Kier alpha value is -2.78. The number of aromatic nitrogens is 3. The first-order chi connectivity index (χ1) is 21.1. The van der Waals surface area contributed by atoms with Gasteiger partial charge >= 0.3 is 0 Å². The lowest BCUT2D eigenvalue weighted by atomic mass is 9.45. The molecule has 0 amide bonds. The van der Waals surface area contributed by atoms with Gasteiger partial charge in [0.2, 0.25) is 0 Å². The van der Waals surface area contributed by atoms with E-state index in [9.17, 15) is 15.0 Å². The predicted octanol–water partition coefficient (Wildman–Crippen LogP) is 7.04. The molecule has 228 valence electrons. The normalized spacial score (nSPS) is 34.2. The molecule has 0 radical (unpaired) electrons. The average Bonchev–Trinajstić information content (AvgIpc) is 3.68. The number of rotatable bonds is 5. The number of aliphatic hydroxyl groups is 2. The predicted molar refractivity (Wildman–Crippen MR) is 176 cm³/mol. The summed E-state index contributed by atoms with van der Waals surface area (Å²) in [6, 6.07) is 16.4. The summed E-state index contributed by atoms with van der Waals surface area (Å²) in [6.45, 7) is 6.55. The number of aliphatic hydroxyl groups excluding tert-OH is 1. The van der Waals surface area contributed by atoms with Crippen molar-refractivity contribution in [3.63, 3.8) is 0 Å². The number of nitrogens with zero attached hydrogens (tertiary/aromatic N) is 3. The highest BCUT2D eigenvalue weighted by Gasteiger charge is 2.68. The molecule has 5 unspecified atom stereocenters. The first-order valence-corrected chi connectivity index (χ1v) is 17.7. The number of thiazole rings is 1. The fourth-order valence-electron chi connectivity index (χ4n) is 9.80. The van der Waals surface area contributed by atoms with Gasteiger partial charge in [0.25, 0.3) is 0 Å². The van der Waals surface area contributed by atoms with Crippen LogP contribution in [0.4, 0.5) is 0 Å². The largest absolute Gasteiger partial charge is 0.393 e. The van der Waals surface area contributed by atoms with Crippen molar-refractivity contribution in [2.24, 2.45) is 28.6 Å². The maximum absolute atomic E-state index is 13.9. The highest BCUT2D eigenvalue weighted by molar-refractivity contribution is 8.01. The summed E-state index contributed by atoms with van der Waals surface area (Å²) in [7, 11) is 0. The Kier molecular flexibility index (Phi) is 6.59. The van der Waals surface area contributed by atoms with Crippen LogP contribution in [0.25, 0.3) is 22.0 Å². The van der Waals surface area contributed by atoms with Crippen LogP contribution in [0, 0.1) is 35.5 Å². The number of fused-ring (bicyclic) bond motifs is 7. The smallest absolute Gasteiger partial charge is 0.175 e. The van der Waals surface area contributed by atoms with Gasteiger partial charge in [-0.25, -0.2) is 9.67 Å². The summed E-state index contributed by atoms with van der Waals surface area (Å²) in [4.78, 5) is 18.5. The van der Waals surface area contributed by atoms with E-state index < -0.39 is 17.1 Å². The number of carbonyl (C=O) groups excluding carboxylic acids is 1. The minimum absolute atomic E-state index is 0.0881. The third kappa shape index (κ3) is 4.03. The number of ketones is 1. The minimum Gasteiger partial charge on any atom is -0.393 e. The number of aryl methyl sites for hydroxylation is 1. The van der Waals surface area contributed by atoms with E-state index in [1.165, 1.54) is 28.5 Å². The maximum atomic E-state index is 13.9. The molecule has 4 aliphatic carbocycles. The molecule has 3 saturated carbocycles. The van der Waals surface area contributed by atoms with Crippen molar-refractivity contribution in [2.45, 2.75) is 75.3 Å².